The minimum Gasteiger partial charge on any atom is -0.477 e. The summed E-state index contributed by atoms with van der Waals surface area (Å²) in [6.07, 6.45) is 12.5. The number of nitrogens with zero attached hydrogens (tertiary/aromatic N) is 2. The van der Waals surface area contributed by atoms with Gasteiger partial charge in [0.2, 0.25) is 0 Å². The van der Waals surface area contributed by atoms with Crippen molar-refractivity contribution in [3.8, 4) is 0 Å². The molecule has 11 nitrogen and oxygen atoms in total. The zero-order valence-corrected chi connectivity index (χ0v) is 33.1. The second-order valence-corrected chi connectivity index (χ2v) is 10.0. The summed E-state index contributed by atoms with van der Waals surface area (Å²) in [5.74, 6) is 0.0155. The number of fused-ring (bicyclic) bond motifs is 1. The number of furan rings is 1. The van der Waals surface area contributed by atoms with Crippen LogP contribution in [0.15, 0.2) is 41.1 Å². The lowest BCUT2D eigenvalue weighted by molar-refractivity contribution is -0.110. The van der Waals surface area contributed by atoms with E-state index in [1.165, 1.54) is 44.2 Å². The molecule has 1 unspecified atom stereocenters. The summed E-state index contributed by atoms with van der Waals surface area (Å²) in [5.41, 5.74) is 2.11. The van der Waals surface area contributed by atoms with Crippen LogP contribution in [0.2, 0.25) is 0 Å². The largest absolute Gasteiger partial charge is 0.477 e. The van der Waals surface area contributed by atoms with E-state index in [2.05, 4.69) is 66.9 Å². The number of hydrogen-bond acceptors (Lipinski definition) is 10. The predicted molar refractivity (Wildman–Crippen MR) is 207 cm³/mol. The first-order chi connectivity index (χ1) is 23.5. The number of hydrogen-bond donors (Lipinski definition) is 4. The van der Waals surface area contributed by atoms with Gasteiger partial charge in [0, 0.05) is 58.9 Å². The van der Waals surface area contributed by atoms with Gasteiger partial charge >= 0.3 is 5.97 Å². The number of nitrogens with one attached hydrogen (secondary N) is 2. The normalized spacial score (nSPS) is 9.94. The molecule has 0 spiro atoms. The van der Waals surface area contributed by atoms with Crippen LogP contribution in [0.25, 0.3) is 11.1 Å². The number of aldehydes is 2. The van der Waals surface area contributed by atoms with Crippen molar-refractivity contribution in [2.24, 2.45) is 11.8 Å². The third-order valence-electron chi connectivity index (χ3n) is 5.94. The lowest BCUT2D eigenvalue weighted by Crippen LogP contribution is -2.00. The maximum atomic E-state index is 10.7. The second-order valence-electron chi connectivity index (χ2n) is 10.0. The fourth-order valence-corrected chi connectivity index (χ4v) is 2.78. The van der Waals surface area contributed by atoms with Gasteiger partial charge in [-0.2, -0.15) is 0 Å². The molecule has 284 valence electrons. The quantitative estimate of drug-likeness (QED) is 0.141. The predicted octanol–water partition coefficient (Wildman–Crippen LogP) is 9.66. The van der Waals surface area contributed by atoms with E-state index in [0.717, 1.165) is 38.0 Å². The molecule has 11 heteroatoms. The first-order valence-electron chi connectivity index (χ1n) is 17.3. The first kappa shape index (κ1) is 54.6. The van der Waals surface area contributed by atoms with Crippen LogP contribution in [-0.2, 0) is 9.53 Å². The van der Waals surface area contributed by atoms with Crippen LogP contribution in [0.5, 0.6) is 0 Å². The number of aliphatic hydroxyl groups is 1. The highest BCUT2D eigenvalue weighted by Crippen LogP contribution is 2.28. The average molecular weight is 695 g/mol. The molecular formula is C38H70N4O7. The third kappa shape index (κ3) is 31.2. The molecule has 3 heterocycles. The minimum atomic E-state index is -1.13. The van der Waals surface area contributed by atoms with E-state index in [4.69, 9.17) is 14.6 Å². The number of methoxy groups -OCH3 is 1. The molecule has 3 aromatic rings. The van der Waals surface area contributed by atoms with E-state index in [9.17, 15) is 14.4 Å². The summed E-state index contributed by atoms with van der Waals surface area (Å²) in [7, 11) is 6.17. The van der Waals surface area contributed by atoms with Crippen molar-refractivity contribution >= 4 is 41.0 Å². The van der Waals surface area contributed by atoms with Crippen molar-refractivity contribution in [1.82, 2.24) is 9.97 Å². The Morgan fingerprint density at radius 3 is 1.76 bits per heavy atom. The summed E-state index contributed by atoms with van der Waals surface area (Å²) in [4.78, 5) is 39.4. The summed E-state index contributed by atoms with van der Waals surface area (Å²) in [6, 6.07) is 6.63. The minimum absolute atomic E-state index is 0.0951. The maximum Gasteiger partial charge on any atom is 0.354 e. The van der Waals surface area contributed by atoms with Crippen LogP contribution in [0.3, 0.4) is 0 Å². The topological polar surface area (TPSA) is 164 Å². The highest BCUT2D eigenvalue weighted by Gasteiger charge is 2.16. The van der Waals surface area contributed by atoms with Gasteiger partial charge in [-0.05, 0) is 43.5 Å². The molecule has 4 N–H and O–H groups in total. The zero-order chi connectivity index (χ0) is 39.0. The fraction of sp³-hybridized carbons (Fsp3) is 0.605. The van der Waals surface area contributed by atoms with Crippen LogP contribution < -0.4 is 10.6 Å². The fourth-order valence-electron chi connectivity index (χ4n) is 2.78. The van der Waals surface area contributed by atoms with Crippen LogP contribution in [0.4, 0.5) is 11.4 Å². The number of aromatic nitrogens is 2. The number of unbranched alkanes of at least 4 members (excludes halogenated alkanes) is 1. The van der Waals surface area contributed by atoms with Gasteiger partial charge < -0.3 is 34.8 Å². The van der Waals surface area contributed by atoms with Crippen molar-refractivity contribution in [2.45, 2.75) is 108 Å². The third-order valence-corrected chi connectivity index (χ3v) is 5.94. The number of aliphatic hydroxyl groups excluding tert-OH is 1. The van der Waals surface area contributed by atoms with E-state index in [1.54, 1.807) is 26.6 Å². The molecule has 0 aliphatic heterocycles. The van der Waals surface area contributed by atoms with E-state index in [0.29, 0.717) is 23.1 Å². The Kier molecular flexibility index (Phi) is 47.0. The summed E-state index contributed by atoms with van der Waals surface area (Å²) >= 11 is 0. The molecule has 0 aromatic carbocycles. The Bertz CT molecular complexity index is 1120. The number of carbonyl (C=O) groups is 3. The van der Waals surface area contributed by atoms with Crippen LogP contribution in [-0.4, -0.2) is 73.6 Å². The monoisotopic (exact) mass is 695 g/mol. The number of carbonyl (C=O) groups excluding carboxylic acids is 2. The second kappa shape index (κ2) is 42.2. The summed E-state index contributed by atoms with van der Waals surface area (Å²) < 4.78 is 9.73. The summed E-state index contributed by atoms with van der Waals surface area (Å²) in [5, 5.41) is 21.5. The van der Waals surface area contributed by atoms with Crippen LogP contribution in [0, 0.1) is 11.8 Å². The van der Waals surface area contributed by atoms with Crippen molar-refractivity contribution in [1.29, 1.82) is 0 Å². The van der Waals surface area contributed by atoms with E-state index in [1.807, 2.05) is 46.9 Å². The van der Waals surface area contributed by atoms with Gasteiger partial charge in [-0.3, -0.25) is 9.78 Å². The number of ether oxygens (including phenoxy) is 1. The molecule has 0 aliphatic rings. The van der Waals surface area contributed by atoms with Gasteiger partial charge in [0.25, 0.3) is 0 Å². The SMILES string of the molecule is CC.CCC.CCC(C)CC[C@H](C)C=O.CCCC.CCOC.CNc1c(C=O)oc2ccc(C(=O)O)nc12.CNc1ccncc1.CO. The molecule has 0 fully saturated rings. The number of aromatic carboxylic acids is 1. The first-order valence-corrected chi connectivity index (χ1v) is 17.3. The Balaban J connectivity index is -0.000000170. The van der Waals surface area contributed by atoms with Gasteiger partial charge in [-0.25, -0.2) is 9.78 Å². The van der Waals surface area contributed by atoms with Crippen LogP contribution in [0.1, 0.15) is 129 Å². The molecule has 0 saturated carbocycles. The number of carboxylic acids is 1. The Hall–Kier alpha value is -3.83. The molecule has 2 atom stereocenters. The highest BCUT2D eigenvalue weighted by atomic mass is 16.5. The molecule has 3 rings (SSSR count). The number of rotatable bonds is 11. The lowest BCUT2D eigenvalue weighted by atomic mass is 9.97. The Morgan fingerprint density at radius 2 is 1.43 bits per heavy atom. The molecule has 0 bridgehead atoms. The Morgan fingerprint density at radius 1 is 0.918 bits per heavy atom. The average Bonchev–Trinajstić information content (AvgIpc) is 3.53. The van der Waals surface area contributed by atoms with Crippen LogP contribution >= 0.6 is 0 Å². The number of pyridine rings is 2. The van der Waals surface area contributed by atoms with Gasteiger partial charge in [0.15, 0.2) is 17.6 Å². The standard InChI is InChI=1S/C10H8N2O4.C9H18O.C6H8N2.C4H10.C3H8O.C3H8.C2H6.CH4O/c1-11-8-7(4-13)16-6-3-2-5(10(14)15)12-9(6)8;1-4-8(2)5-6-9(3)7-10;1-7-6-2-4-8-5-3-6;2*1-3-4-2;1-3-2;2*1-2/h2-4,11H,1H3,(H,14,15);7-9H,4-6H2,1-3H3;2-5H,1H3,(H,7,8);3-4H2,1-2H3;3H2,1-2H3;3H2,1-2H3;1-2H3;2H,1H3/t;8?,9-;;;;;;/m.0....../s1. The number of anilines is 2. The Labute approximate surface area is 297 Å². The zero-order valence-electron chi connectivity index (χ0n) is 33.1. The molecule has 49 heavy (non-hydrogen) atoms. The van der Waals surface area contributed by atoms with Crippen molar-refractivity contribution in [3.63, 3.8) is 0 Å². The van der Waals surface area contributed by atoms with E-state index in [-0.39, 0.29) is 17.4 Å². The van der Waals surface area contributed by atoms with Gasteiger partial charge in [0.05, 0.1) is 0 Å². The molecule has 0 amide bonds. The molecule has 0 aliphatic carbocycles. The summed E-state index contributed by atoms with van der Waals surface area (Å²) in [6.45, 7) is 21.8. The van der Waals surface area contributed by atoms with Gasteiger partial charge in [-0.1, -0.05) is 94.4 Å². The van der Waals surface area contributed by atoms with Crippen molar-refractivity contribution in [2.75, 3.05) is 45.6 Å². The van der Waals surface area contributed by atoms with Gasteiger partial charge in [-0.15, -0.1) is 0 Å². The molecule has 0 radical (unpaired) electrons. The van der Waals surface area contributed by atoms with Crippen molar-refractivity contribution < 1.29 is 33.8 Å². The molecule has 3 aromatic heterocycles. The maximum absolute atomic E-state index is 10.7. The van der Waals surface area contributed by atoms with Gasteiger partial charge in [0.1, 0.15) is 23.2 Å². The molecular weight excluding hydrogens is 624 g/mol. The smallest absolute Gasteiger partial charge is 0.354 e. The molecule has 0 saturated heterocycles. The number of carboxylic acid groups (broad SMARTS) is 1. The lowest BCUT2D eigenvalue weighted by Gasteiger charge is -2.08. The highest BCUT2D eigenvalue weighted by molar-refractivity contribution is 5.99. The van der Waals surface area contributed by atoms with E-state index < -0.39 is 5.97 Å². The van der Waals surface area contributed by atoms with E-state index >= 15 is 0 Å². The van der Waals surface area contributed by atoms with Crippen molar-refractivity contribution in [3.05, 3.63) is 48.1 Å².